The van der Waals surface area contributed by atoms with Crippen molar-refractivity contribution in [2.45, 2.75) is 24.0 Å². The molecule has 188 valence electrons. The maximum atomic E-state index is 12.9. The molecule has 0 aliphatic carbocycles. The van der Waals surface area contributed by atoms with Gasteiger partial charge in [-0.1, -0.05) is 77.8 Å². The molecule has 0 spiro atoms. The number of hydrogen-bond acceptors (Lipinski definition) is 5. The molecule has 0 saturated heterocycles. The average Bonchev–Trinajstić information content (AvgIpc) is 3.22. The van der Waals surface area contributed by atoms with Crippen molar-refractivity contribution in [1.82, 2.24) is 4.72 Å². The Morgan fingerprint density at radius 3 is 2.30 bits per heavy atom. The Hall–Kier alpha value is -3.52. The first-order chi connectivity index (χ1) is 17.8. The first-order valence-corrected chi connectivity index (χ1v) is 13.8. The van der Waals surface area contributed by atoms with Crippen LogP contribution >= 0.6 is 23.2 Å². The van der Waals surface area contributed by atoms with Gasteiger partial charge in [0.25, 0.3) is 15.9 Å². The normalized spacial score (nSPS) is 14.6. The Kier molecular flexibility index (Phi) is 7.11. The summed E-state index contributed by atoms with van der Waals surface area (Å²) in [4.78, 5) is 15.1. The van der Waals surface area contributed by atoms with Gasteiger partial charge in [-0.15, -0.1) is 0 Å². The minimum Gasteiger partial charge on any atom is -0.363 e. The van der Waals surface area contributed by atoms with Crippen LogP contribution < -0.4 is 14.9 Å². The topological polar surface area (TPSA) is 78.5 Å². The fourth-order valence-corrected chi connectivity index (χ4v) is 5.80. The molecule has 0 radical (unpaired) electrons. The van der Waals surface area contributed by atoms with Crippen LogP contribution in [0.3, 0.4) is 0 Å². The van der Waals surface area contributed by atoms with E-state index in [1.54, 1.807) is 42.5 Å². The lowest BCUT2D eigenvalue weighted by molar-refractivity contribution is 0.0981. The van der Waals surface area contributed by atoms with Gasteiger partial charge in [-0.2, -0.15) is 0 Å². The van der Waals surface area contributed by atoms with Gasteiger partial charge in [0.05, 0.1) is 16.3 Å². The van der Waals surface area contributed by atoms with Crippen LogP contribution in [0.4, 0.5) is 11.4 Å². The lowest BCUT2D eigenvalue weighted by Crippen LogP contribution is -2.37. The van der Waals surface area contributed by atoms with E-state index in [9.17, 15) is 13.2 Å². The van der Waals surface area contributed by atoms with E-state index in [1.165, 1.54) is 12.1 Å². The number of anilines is 2. The summed E-state index contributed by atoms with van der Waals surface area (Å²) in [7, 11) is -3.99. The van der Waals surface area contributed by atoms with Crippen molar-refractivity contribution in [1.29, 1.82) is 0 Å². The molecule has 4 aromatic carbocycles. The van der Waals surface area contributed by atoms with Crippen LogP contribution in [0.15, 0.2) is 102 Å². The third kappa shape index (κ3) is 5.59. The molecule has 4 aromatic rings. The van der Waals surface area contributed by atoms with E-state index in [1.807, 2.05) is 30.3 Å². The SMILES string of the molecule is O=C(NS(=O)(=O)c1ccccc1)c1ccc2c(c1)NC(Cc1ccccc1)N2Cc1ccc(Cl)cc1Cl. The molecule has 0 saturated carbocycles. The fourth-order valence-electron chi connectivity index (χ4n) is 4.34. The van der Waals surface area contributed by atoms with Crippen molar-refractivity contribution in [2.75, 3.05) is 10.2 Å². The van der Waals surface area contributed by atoms with Crippen molar-refractivity contribution < 1.29 is 13.2 Å². The van der Waals surface area contributed by atoms with Crippen LogP contribution in [0.5, 0.6) is 0 Å². The van der Waals surface area contributed by atoms with E-state index in [2.05, 4.69) is 27.1 Å². The minimum absolute atomic E-state index is 0.0246. The number of amides is 1. The molecule has 37 heavy (non-hydrogen) atoms. The summed E-state index contributed by atoms with van der Waals surface area (Å²) in [5, 5.41) is 4.64. The van der Waals surface area contributed by atoms with E-state index in [0.29, 0.717) is 23.0 Å². The third-order valence-corrected chi connectivity index (χ3v) is 8.11. The van der Waals surface area contributed by atoms with Crippen LogP contribution in [-0.4, -0.2) is 20.5 Å². The van der Waals surface area contributed by atoms with E-state index in [4.69, 9.17) is 23.2 Å². The number of hydrogen-bond donors (Lipinski definition) is 2. The smallest absolute Gasteiger partial charge is 0.265 e. The summed E-state index contributed by atoms with van der Waals surface area (Å²) >= 11 is 12.6. The van der Waals surface area contributed by atoms with Crippen LogP contribution in [0.25, 0.3) is 0 Å². The Labute approximate surface area is 225 Å². The maximum Gasteiger partial charge on any atom is 0.265 e. The molecule has 9 heteroatoms. The van der Waals surface area contributed by atoms with Crippen molar-refractivity contribution in [3.05, 3.63) is 124 Å². The monoisotopic (exact) mass is 551 g/mol. The summed E-state index contributed by atoms with van der Waals surface area (Å²) in [5.74, 6) is -0.702. The second kappa shape index (κ2) is 10.5. The molecule has 2 N–H and O–H groups in total. The van der Waals surface area contributed by atoms with Crippen molar-refractivity contribution in [3.63, 3.8) is 0 Å². The maximum absolute atomic E-state index is 12.9. The van der Waals surface area contributed by atoms with Crippen LogP contribution in [0.2, 0.25) is 10.0 Å². The minimum atomic E-state index is -3.99. The van der Waals surface area contributed by atoms with Crippen LogP contribution in [0.1, 0.15) is 21.5 Å². The second-order valence-electron chi connectivity index (χ2n) is 8.69. The number of nitrogens with one attached hydrogen (secondary N) is 2. The number of nitrogens with zero attached hydrogens (tertiary/aromatic N) is 1. The van der Waals surface area contributed by atoms with Crippen LogP contribution in [0, 0.1) is 0 Å². The highest BCUT2D eigenvalue weighted by Crippen LogP contribution is 2.38. The quantitative estimate of drug-likeness (QED) is 0.289. The second-order valence-corrected chi connectivity index (χ2v) is 11.2. The van der Waals surface area contributed by atoms with Crippen molar-refractivity contribution in [2.24, 2.45) is 0 Å². The molecule has 1 unspecified atom stereocenters. The number of benzene rings is 4. The predicted molar refractivity (Wildman–Crippen MR) is 148 cm³/mol. The molecule has 1 aliphatic rings. The molecule has 6 nitrogen and oxygen atoms in total. The number of carbonyl (C=O) groups excluding carboxylic acids is 1. The molecule has 1 heterocycles. The van der Waals surface area contributed by atoms with Gasteiger partial charge in [-0.3, -0.25) is 4.79 Å². The third-order valence-electron chi connectivity index (χ3n) is 6.17. The van der Waals surface area contributed by atoms with Gasteiger partial charge in [-0.05, 0) is 53.6 Å². The van der Waals surface area contributed by atoms with Gasteiger partial charge in [-0.25, -0.2) is 13.1 Å². The molecular formula is C28H23Cl2N3O3S. The Morgan fingerprint density at radius 2 is 1.59 bits per heavy atom. The van der Waals surface area contributed by atoms with E-state index < -0.39 is 15.9 Å². The van der Waals surface area contributed by atoms with Gasteiger partial charge in [0.1, 0.15) is 6.17 Å². The molecule has 5 rings (SSSR count). The zero-order chi connectivity index (χ0) is 26.0. The number of carbonyl (C=O) groups is 1. The largest absolute Gasteiger partial charge is 0.363 e. The van der Waals surface area contributed by atoms with E-state index >= 15 is 0 Å². The van der Waals surface area contributed by atoms with Crippen LogP contribution in [-0.2, 0) is 23.0 Å². The molecular weight excluding hydrogens is 529 g/mol. The van der Waals surface area contributed by atoms with Gasteiger partial charge in [0.15, 0.2) is 0 Å². The van der Waals surface area contributed by atoms with Crippen molar-refractivity contribution >= 4 is 50.5 Å². The van der Waals surface area contributed by atoms with E-state index in [-0.39, 0.29) is 16.6 Å². The molecule has 0 aromatic heterocycles. The first kappa shape index (κ1) is 25.1. The zero-order valence-corrected chi connectivity index (χ0v) is 21.9. The summed E-state index contributed by atoms with van der Waals surface area (Å²) in [6.45, 7) is 0.515. The van der Waals surface area contributed by atoms with Gasteiger partial charge >= 0.3 is 0 Å². The Balaban J connectivity index is 1.43. The molecule has 0 bridgehead atoms. The predicted octanol–water partition coefficient (Wildman–Crippen LogP) is 6.11. The van der Waals surface area contributed by atoms with Gasteiger partial charge < -0.3 is 10.2 Å². The molecule has 1 amide bonds. The highest BCUT2D eigenvalue weighted by Gasteiger charge is 2.30. The van der Waals surface area contributed by atoms with Crippen molar-refractivity contribution in [3.8, 4) is 0 Å². The van der Waals surface area contributed by atoms with Gasteiger partial charge in [0, 0.05) is 28.6 Å². The summed E-state index contributed by atoms with van der Waals surface area (Å²) in [6.07, 6.45) is 0.584. The fraction of sp³-hybridized carbons (Fsp3) is 0.107. The van der Waals surface area contributed by atoms with E-state index in [0.717, 1.165) is 22.5 Å². The molecule has 0 fully saturated rings. The zero-order valence-electron chi connectivity index (χ0n) is 19.6. The number of rotatable bonds is 7. The lowest BCUT2D eigenvalue weighted by atomic mass is 10.1. The number of sulfonamides is 1. The summed E-state index contributed by atoms with van der Waals surface area (Å²) in [6, 6.07) is 28.4. The highest BCUT2D eigenvalue weighted by molar-refractivity contribution is 7.90. The standard InChI is InChI=1S/C28H23Cl2N3O3S/c29-22-13-11-21(24(30)17-22)18-33-26-14-12-20(28(34)32-37(35,36)23-9-5-2-6-10-23)16-25(26)31-27(33)15-19-7-3-1-4-8-19/h1-14,16-17,27,31H,15,18H2,(H,32,34). The molecule has 1 aliphatic heterocycles. The molecule has 1 atom stereocenters. The Morgan fingerprint density at radius 1 is 0.892 bits per heavy atom. The summed E-state index contributed by atoms with van der Waals surface area (Å²) < 4.78 is 27.4. The number of fused-ring (bicyclic) bond motifs is 1. The van der Waals surface area contributed by atoms with Gasteiger partial charge in [0.2, 0.25) is 0 Å². The number of halogens is 2. The summed E-state index contributed by atoms with van der Waals surface area (Å²) in [5.41, 5.74) is 3.90. The first-order valence-electron chi connectivity index (χ1n) is 11.6. The Bertz CT molecular complexity index is 1550. The highest BCUT2D eigenvalue weighted by atomic mass is 35.5. The average molecular weight is 552 g/mol. The lowest BCUT2D eigenvalue weighted by Gasteiger charge is -2.27.